The summed E-state index contributed by atoms with van der Waals surface area (Å²) >= 11 is 0. The van der Waals surface area contributed by atoms with Gasteiger partial charge in [0.05, 0.1) is 30.6 Å². The largest absolute Gasteiger partial charge is 0.490 e. The van der Waals surface area contributed by atoms with Crippen molar-refractivity contribution in [2.24, 2.45) is 5.10 Å². The highest BCUT2D eigenvalue weighted by Gasteiger charge is 2.34. The summed E-state index contributed by atoms with van der Waals surface area (Å²) in [5, 5.41) is 3.75. The van der Waals surface area contributed by atoms with Crippen molar-refractivity contribution < 1.29 is 27.4 Å². The van der Waals surface area contributed by atoms with Crippen molar-refractivity contribution in [1.29, 1.82) is 0 Å². The molecule has 0 radical (unpaired) electrons. The summed E-state index contributed by atoms with van der Waals surface area (Å²) < 4.78 is 50.1. The average molecular weight is 394 g/mol. The molecule has 0 spiro atoms. The van der Waals surface area contributed by atoms with Gasteiger partial charge in [0.25, 0.3) is 5.91 Å². The van der Waals surface area contributed by atoms with Crippen molar-refractivity contribution >= 4 is 12.1 Å². The lowest BCUT2D eigenvalue weighted by molar-refractivity contribution is -0.137. The first-order valence-corrected chi connectivity index (χ1v) is 8.76. The molecule has 2 aromatic carbocycles. The van der Waals surface area contributed by atoms with E-state index in [4.69, 9.17) is 9.47 Å². The maximum atomic E-state index is 13.0. The van der Waals surface area contributed by atoms with Crippen molar-refractivity contribution in [3.63, 3.8) is 0 Å². The summed E-state index contributed by atoms with van der Waals surface area (Å²) in [5.41, 5.74) is 1.20. The summed E-state index contributed by atoms with van der Waals surface area (Å²) in [6.07, 6.45) is -2.46. The fourth-order valence-electron chi connectivity index (χ4n) is 2.36. The third kappa shape index (κ3) is 5.73. The summed E-state index contributed by atoms with van der Waals surface area (Å²) in [7, 11) is 0. The zero-order valence-corrected chi connectivity index (χ0v) is 15.5. The first-order chi connectivity index (χ1) is 13.4. The van der Waals surface area contributed by atoms with Crippen molar-refractivity contribution in [3.8, 4) is 11.5 Å². The number of hydrogen-bond donors (Lipinski definition) is 1. The second kappa shape index (κ2) is 9.77. The van der Waals surface area contributed by atoms with E-state index in [0.29, 0.717) is 30.3 Å². The van der Waals surface area contributed by atoms with Crippen molar-refractivity contribution in [2.45, 2.75) is 26.4 Å². The zero-order valence-electron chi connectivity index (χ0n) is 15.5. The highest BCUT2D eigenvalue weighted by Crippen LogP contribution is 2.32. The lowest BCUT2D eigenvalue weighted by atomic mass is 10.1. The first-order valence-electron chi connectivity index (χ1n) is 8.76. The Hall–Kier alpha value is -3.03. The number of hydrazone groups is 1. The van der Waals surface area contributed by atoms with Gasteiger partial charge >= 0.3 is 6.18 Å². The molecule has 8 heteroatoms. The van der Waals surface area contributed by atoms with Crippen LogP contribution < -0.4 is 14.9 Å². The van der Waals surface area contributed by atoms with Gasteiger partial charge in [0.1, 0.15) is 0 Å². The lowest BCUT2D eigenvalue weighted by Gasteiger charge is -2.12. The highest BCUT2D eigenvalue weighted by atomic mass is 19.4. The molecular formula is C20H21F3N2O3. The van der Waals surface area contributed by atoms with E-state index in [1.54, 1.807) is 18.2 Å². The number of rotatable bonds is 8. The second-order valence-electron chi connectivity index (χ2n) is 5.73. The average Bonchev–Trinajstić information content (AvgIpc) is 2.67. The van der Waals surface area contributed by atoms with Crippen LogP contribution in [0.4, 0.5) is 13.2 Å². The molecule has 0 bridgehead atoms. The normalized spacial score (nSPS) is 11.5. The smallest absolute Gasteiger partial charge is 0.417 e. The van der Waals surface area contributed by atoms with E-state index in [9.17, 15) is 18.0 Å². The Labute approximate surface area is 161 Å². The molecule has 2 aromatic rings. The van der Waals surface area contributed by atoms with Crippen LogP contribution in [0.1, 0.15) is 41.8 Å². The number of benzene rings is 2. The van der Waals surface area contributed by atoms with Gasteiger partial charge in [-0.25, -0.2) is 5.43 Å². The van der Waals surface area contributed by atoms with Crippen molar-refractivity contribution in [1.82, 2.24) is 5.43 Å². The SMILES string of the molecule is CCCOc1ccc(/C=N/NC(=O)c2ccccc2C(F)(F)F)cc1OCC. The van der Waals surface area contributed by atoms with E-state index < -0.39 is 23.2 Å². The molecule has 0 aromatic heterocycles. The molecule has 1 amide bonds. The fourth-order valence-corrected chi connectivity index (χ4v) is 2.36. The minimum atomic E-state index is -4.63. The number of halogens is 3. The van der Waals surface area contributed by atoms with Crippen LogP contribution in [0, 0.1) is 0 Å². The molecule has 5 nitrogen and oxygen atoms in total. The van der Waals surface area contributed by atoms with Gasteiger partial charge in [0.15, 0.2) is 11.5 Å². The zero-order chi connectivity index (χ0) is 20.6. The highest BCUT2D eigenvalue weighted by molar-refractivity contribution is 5.96. The van der Waals surface area contributed by atoms with Crippen LogP contribution in [0.15, 0.2) is 47.6 Å². The van der Waals surface area contributed by atoms with E-state index in [1.807, 2.05) is 13.8 Å². The Morgan fingerprint density at radius 1 is 1.11 bits per heavy atom. The Balaban J connectivity index is 2.12. The molecule has 2 rings (SSSR count). The minimum absolute atomic E-state index is 0.439. The van der Waals surface area contributed by atoms with E-state index in [2.05, 4.69) is 10.5 Å². The predicted molar refractivity (Wildman–Crippen MR) is 99.9 cm³/mol. The molecule has 28 heavy (non-hydrogen) atoms. The summed E-state index contributed by atoms with van der Waals surface area (Å²) in [5.74, 6) is 0.162. The van der Waals surface area contributed by atoms with Gasteiger partial charge in [-0.1, -0.05) is 19.1 Å². The van der Waals surface area contributed by atoms with Gasteiger partial charge in [-0.2, -0.15) is 18.3 Å². The topological polar surface area (TPSA) is 59.9 Å². The molecule has 1 N–H and O–H groups in total. The third-order valence-corrected chi connectivity index (χ3v) is 3.59. The van der Waals surface area contributed by atoms with Gasteiger partial charge < -0.3 is 9.47 Å². The molecule has 0 aliphatic heterocycles. The predicted octanol–water partition coefficient (Wildman–Crippen LogP) is 4.66. The number of alkyl halides is 3. The van der Waals surface area contributed by atoms with Gasteiger partial charge in [-0.05, 0) is 49.2 Å². The standard InChI is InChI=1S/C20H21F3N2O3/c1-3-11-28-17-10-9-14(12-18(17)27-4-2)13-24-25-19(26)15-7-5-6-8-16(15)20(21,22)23/h5-10,12-13H,3-4,11H2,1-2H3,(H,25,26)/b24-13+. The quantitative estimate of drug-likeness (QED) is 0.523. The maximum absolute atomic E-state index is 13.0. The monoisotopic (exact) mass is 394 g/mol. The van der Waals surface area contributed by atoms with Crippen LogP contribution in [-0.2, 0) is 6.18 Å². The van der Waals surface area contributed by atoms with Gasteiger partial charge in [0.2, 0.25) is 0 Å². The van der Waals surface area contributed by atoms with Crippen LogP contribution in [0.2, 0.25) is 0 Å². The van der Waals surface area contributed by atoms with Crippen LogP contribution in [0.5, 0.6) is 11.5 Å². The molecule has 0 aliphatic carbocycles. The summed E-state index contributed by atoms with van der Waals surface area (Å²) in [6, 6.07) is 9.61. The number of carbonyl (C=O) groups is 1. The first kappa shape index (κ1) is 21.3. The fraction of sp³-hybridized carbons (Fsp3) is 0.300. The number of ether oxygens (including phenoxy) is 2. The van der Waals surface area contributed by atoms with Gasteiger partial charge in [-0.15, -0.1) is 0 Å². The van der Waals surface area contributed by atoms with Crippen LogP contribution in [0.3, 0.4) is 0 Å². The summed E-state index contributed by atoms with van der Waals surface area (Å²) in [6.45, 7) is 4.81. The molecule has 0 atom stereocenters. The Morgan fingerprint density at radius 2 is 1.86 bits per heavy atom. The van der Waals surface area contributed by atoms with E-state index in [-0.39, 0.29) is 0 Å². The molecule has 0 saturated carbocycles. The van der Waals surface area contributed by atoms with Crippen LogP contribution in [-0.4, -0.2) is 25.3 Å². The molecule has 0 aliphatic rings. The second-order valence-corrected chi connectivity index (χ2v) is 5.73. The number of nitrogens with zero attached hydrogens (tertiary/aromatic N) is 1. The minimum Gasteiger partial charge on any atom is -0.490 e. The third-order valence-electron chi connectivity index (χ3n) is 3.59. The Kier molecular flexibility index (Phi) is 7.43. The Bertz CT molecular complexity index is 836. The van der Waals surface area contributed by atoms with Gasteiger partial charge in [0, 0.05) is 0 Å². The number of hydrogen-bond acceptors (Lipinski definition) is 4. The number of nitrogens with one attached hydrogen (secondary N) is 1. The van der Waals surface area contributed by atoms with E-state index in [0.717, 1.165) is 18.6 Å². The van der Waals surface area contributed by atoms with Crippen molar-refractivity contribution in [3.05, 3.63) is 59.2 Å². The molecule has 0 unspecified atom stereocenters. The van der Waals surface area contributed by atoms with Gasteiger partial charge in [-0.3, -0.25) is 4.79 Å². The molecule has 0 saturated heterocycles. The van der Waals surface area contributed by atoms with E-state index >= 15 is 0 Å². The number of amides is 1. The molecular weight excluding hydrogens is 373 g/mol. The van der Waals surface area contributed by atoms with Crippen LogP contribution in [0.25, 0.3) is 0 Å². The molecule has 0 fully saturated rings. The summed E-state index contributed by atoms with van der Waals surface area (Å²) in [4.78, 5) is 12.1. The molecule has 150 valence electrons. The molecule has 0 heterocycles. The van der Waals surface area contributed by atoms with E-state index in [1.165, 1.54) is 18.3 Å². The Morgan fingerprint density at radius 3 is 2.54 bits per heavy atom. The maximum Gasteiger partial charge on any atom is 0.417 e. The lowest BCUT2D eigenvalue weighted by Crippen LogP contribution is -2.22. The van der Waals surface area contributed by atoms with Crippen LogP contribution >= 0.6 is 0 Å². The number of carbonyl (C=O) groups excluding carboxylic acids is 1. The van der Waals surface area contributed by atoms with Crippen molar-refractivity contribution in [2.75, 3.05) is 13.2 Å².